The third-order valence-electron chi connectivity index (χ3n) is 6.65. The van der Waals surface area contributed by atoms with Gasteiger partial charge in [-0.3, -0.25) is 9.79 Å². The maximum absolute atomic E-state index is 13.7. The lowest BCUT2D eigenvalue weighted by Gasteiger charge is -2.38. The standard InChI is InChI=1S/C29H33NO5/c1-6-34-23-13-9-20(10-14-23)27-26(29(32)35-17(2)3)18(4)30-24-15-21(16-25(31)28(24)27)19-7-11-22(33-5)12-8-19/h7-14,17,21,27-28H,6,15-16H2,1-5H3/t21-,27+,28?/m0/s1. The number of rotatable bonds is 7. The SMILES string of the molecule is CCOc1ccc([C@@H]2C(C(=O)OC(C)C)=C(C)N=C3C[C@H](c4ccc(OC)cc4)CC(=O)C32)cc1. The van der Waals surface area contributed by atoms with Gasteiger partial charge < -0.3 is 14.2 Å². The van der Waals surface area contributed by atoms with Crippen molar-refractivity contribution in [3.63, 3.8) is 0 Å². The molecule has 1 aliphatic heterocycles. The van der Waals surface area contributed by atoms with Gasteiger partial charge in [-0.15, -0.1) is 0 Å². The van der Waals surface area contributed by atoms with Crippen LogP contribution >= 0.6 is 0 Å². The second-order valence-corrected chi connectivity index (χ2v) is 9.36. The van der Waals surface area contributed by atoms with Crippen LogP contribution in [0.3, 0.4) is 0 Å². The molecular formula is C29H33NO5. The molecule has 0 amide bonds. The molecule has 2 aromatic rings. The van der Waals surface area contributed by atoms with Gasteiger partial charge in [0.2, 0.25) is 0 Å². The van der Waals surface area contributed by atoms with Crippen molar-refractivity contribution in [2.45, 2.75) is 58.5 Å². The number of ether oxygens (including phenoxy) is 3. The van der Waals surface area contributed by atoms with Crippen molar-refractivity contribution in [3.05, 3.63) is 70.9 Å². The van der Waals surface area contributed by atoms with Crippen molar-refractivity contribution < 1.29 is 23.8 Å². The number of carbonyl (C=O) groups excluding carboxylic acids is 2. The predicted molar refractivity (Wildman–Crippen MR) is 135 cm³/mol. The molecule has 0 bridgehead atoms. The van der Waals surface area contributed by atoms with Crippen LogP contribution in [0.4, 0.5) is 0 Å². The summed E-state index contributed by atoms with van der Waals surface area (Å²) >= 11 is 0. The summed E-state index contributed by atoms with van der Waals surface area (Å²) in [4.78, 5) is 31.7. The molecular weight excluding hydrogens is 442 g/mol. The van der Waals surface area contributed by atoms with Crippen LogP contribution < -0.4 is 9.47 Å². The van der Waals surface area contributed by atoms with E-state index in [9.17, 15) is 9.59 Å². The van der Waals surface area contributed by atoms with Crippen molar-refractivity contribution in [2.24, 2.45) is 10.9 Å². The van der Waals surface area contributed by atoms with Gasteiger partial charge in [-0.2, -0.15) is 0 Å². The quantitative estimate of drug-likeness (QED) is 0.486. The van der Waals surface area contributed by atoms with E-state index in [0.29, 0.717) is 30.7 Å². The Kier molecular flexibility index (Phi) is 7.39. The van der Waals surface area contributed by atoms with Gasteiger partial charge in [0.1, 0.15) is 17.3 Å². The van der Waals surface area contributed by atoms with Crippen molar-refractivity contribution >= 4 is 17.5 Å². The minimum absolute atomic E-state index is 0.0429. The fourth-order valence-corrected chi connectivity index (χ4v) is 5.13. The lowest BCUT2D eigenvalue weighted by molar-refractivity contribution is -0.143. The first-order valence-electron chi connectivity index (χ1n) is 12.2. The minimum Gasteiger partial charge on any atom is -0.497 e. The summed E-state index contributed by atoms with van der Waals surface area (Å²) in [6, 6.07) is 15.5. The Balaban J connectivity index is 1.74. The van der Waals surface area contributed by atoms with Crippen molar-refractivity contribution in [3.8, 4) is 11.5 Å². The molecule has 1 saturated carbocycles. The monoisotopic (exact) mass is 475 g/mol. The van der Waals surface area contributed by atoms with Crippen LogP contribution in [0.2, 0.25) is 0 Å². The average molecular weight is 476 g/mol. The zero-order chi connectivity index (χ0) is 25.1. The molecule has 3 atom stereocenters. The Labute approximate surface area is 207 Å². The van der Waals surface area contributed by atoms with E-state index >= 15 is 0 Å². The fourth-order valence-electron chi connectivity index (χ4n) is 5.13. The van der Waals surface area contributed by atoms with E-state index in [1.807, 2.05) is 76.2 Å². The summed E-state index contributed by atoms with van der Waals surface area (Å²) in [6.07, 6.45) is 0.797. The summed E-state index contributed by atoms with van der Waals surface area (Å²) in [6.45, 7) is 7.98. The molecule has 2 aliphatic rings. The second-order valence-electron chi connectivity index (χ2n) is 9.36. The maximum atomic E-state index is 13.7. The third kappa shape index (κ3) is 5.16. The van der Waals surface area contributed by atoms with Crippen LogP contribution in [0.5, 0.6) is 11.5 Å². The molecule has 0 saturated heterocycles. The molecule has 1 aliphatic carbocycles. The van der Waals surface area contributed by atoms with E-state index in [2.05, 4.69) is 0 Å². The number of esters is 1. The van der Waals surface area contributed by atoms with Crippen LogP contribution in [-0.4, -0.2) is 37.3 Å². The first-order chi connectivity index (χ1) is 16.8. The number of allylic oxidation sites excluding steroid dienone is 1. The smallest absolute Gasteiger partial charge is 0.336 e. The summed E-state index contributed by atoms with van der Waals surface area (Å²) in [5.74, 6) is 0.339. The number of fused-ring (bicyclic) bond motifs is 1. The maximum Gasteiger partial charge on any atom is 0.336 e. The molecule has 184 valence electrons. The van der Waals surface area contributed by atoms with Gasteiger partial charge in [-0.25, -0.2) is 4.79 Å². The highest BCUT2D eigenvalue weighted by atomic mass is 16.5. The Morgan fingerprint density at radius 1 is 0.971 bits per heavy atom. The summed E-state index contributed by atoms with van der Waals surface area (Å²) in [7, 11) is 1.64. The van der Waals surface area contributed by atoms with Crippen LogP contribution in [-0.2, 0) is 14.3 Å². The predicted octanol–water partition coefficient (Wildman–Crippen LogP) is 5.62. The van der Waals surface area contributed by atoms with Gasteiger partial charge in [0.15, 0.2) is 0 Å². The number of methoxy groups -OCH3 is 1. The number of ketones is 1. The number of hydrogen-bond acceptors (Lipinski definition) is 6. The lowest BCUT2D eigenvalue weighted by atomic mass is 9.66. The normalized spacial score (nSPS) is 21.9. The van der Waals surface area contributed by atoms with Crippen molar-refractivity contribution in [2.75, 3.05) is 13.7 Å². The number of nitrogens with zero attached hydrogens (tertiary/aromatic N) is 1. The van der Waals surface area contributed by atoms with Gasteiger partial charge in [0, 0.05) is 23.7 Å². The van der Waals surface area contributed by atoms with Crippen LogP contribution in [0.25, 0.3) is 0 Å². The summed E-state index contributed by atoms with van der Waals surface area (Å²) < 4.78 is 16.5. The average Bonchev–Trinajstić information content (AvgIpc) is 2.83. The van der Waals surface area contributed by atoms with E-state index in [-0.39, 0.29) is 17.8 Å². The lowest BCUT2D eigenvalue weighted by Crippen LogP contribution is -2.41. The third-order valence-corrected chi connectivity index (χ3v) is 6.65. The second kappa shape index (κ2) is 10.5. The van der Waals surface area contributed by atoms with E-state index in [1.165, 1.54) is 0 Å². The number of Topliss-reactive ketones (excluding diaryl/α,β-unsaturated/α-hetero) is 1. The molecule has 2 aromatic carbocycles. The van der Waals surface area contributed by atoms with E-state index in [4.69, 9.17) is 19.2 Å². The Bertz CT molecular complexity index is 1140. The van der Waals surface area contributed by atoms with Crippen molar-refractivity contribution in [1.82, 2.24) is 0 Å². The topological polar surface area (TPSA) is 74.2 Å². The van der Waals surface area contributed by atoms with Crippen LogP contribution in [0.15, 0.2) is 64.8 Å². The Hall–Kier alpha value is -3.41. The molecule has 0 radical (unpaired) electrons. The molecule has 4 rings (SSSR count). The first kappa shape index (κ1) is 24.7. The fraction of sp³-hybridized carbons (Fsp3) is 0.414. The van der Waals surface area contributed by atoms with Crippen LogP contribution in [0.1, 0.15) is 63.5 Å². The molecule has 1 fully saturated rings. The Morgan fingerprint density at radius 2 is 1.60 bits per heavy atom. The zero-order valence-corrected chi connectivity index (χ0v) is 21.0. The van der Waals surface area contributed by atoms with Gasteiger partial charge in [0.05, 0.1) is 31.3 Å². The van der Waals surface area contributed by atoms with Crippen molar-refractivity contribution in [1.29, 1.82) is 0 Å². The highest BCUT2D eigenvalue weighted by Gasteiger charge is 2.46. The molecule has 6 heteroatoms. The van der Waals surface area contributed by atoms with E-state index in [1.54, 1.807) is 7.11 Å². The van der Waals surface area contributed by atoms with Gasteiger partial charge in [-0.05, 0) is 75.4 Å². The molecule has 35 heavy (non-hydrogen) atoms. The molecule has 0 spiro atoms. The molecule has 6 nitrogen and oxygen atoms in total. The highest BCUT2D eigenvalue weighted by Crippen LogP contribution is 2.46. The largest absolute Gasteiger partial charge is 0.497 e. The summed E-state index contributed by atoms with van der Waals surface area (Å²) in [5, 5.41) is 0. The first-order valence-corrected chi connectivity index (χ1v) is 12.2. The number of aliphatic imine (C=N–C) groups is 1. The zero-order valence-electron chi connectivity index (χ0n) is 21.0. The number of carbonyl (C=O) groups is 2. The highest BCUT2D eigenvalue weighted by molar-refractivity contribution is 6.12. The van der Waals surface area contributed by atoms with E-state index in [0.717, 1.165) is 28.3 Å². The van der Waals surface area contributed by atoms with Gasteiger partial charge in [-0.1, -0.05) is 24.3 Å². The number of hydrogen-bond donors (Lipinski definition) is 0. The van der Waals surface area contributed by atoms with Gasteiger partial charge in [0.25, 0.3) is 0 Å². The molecule has 0 aromatic heterocycles. The molecule has 1 heterocycles. The number of benzene rings is 2. The Morgan fingerprint density at radius 3 is 2.20 bits per heavy atom. The van der Waals surface area contributed by atoms with Gasteiger partial charge >= 0.3 is 5.97 Å². The van der Waals surface area contributed by atoms with Crippen LogP contribution in [0, 0.1) is 5.92 Å². The van der Waals surface area contributed by atoms with E-state index < -0.39 is 17.8 Å². The molecule has 0 N–H and O–H groups in total. The summed E-state index contributed by atoms with van der Waals surface area (Å²) in [5.41, 5.74) is 3.89. The minimum atomic E-state index is -0.485. The molecule has 1 unspecified atom stereocenters.